The average molecular weight is 269 g/mol. The third kappa shape index (κ3) is 3.97. The summed E-state index contributed by atoms with van der Waals surface area (Å²) in [4.78, 5) is 21.1. The minimum atomic E-state index is -0.853. The van der Waals surface area contributed by atoms with E-state index < -0.39 is 11.9 Å². The molecule has 7 heteroatoms. The van der Waals surface area contributed by atoms with E-state index in [2.05, 4.69) is 9.97 Å². The van der Waals surface area contributed by atoms with Crippen LogP contribution in [-0.2, 0) is 4.79 Å². The summed E-state index contributed by atoms with van der Waals surface area (Å²) < 4.78 is 10.1. The maximum absolute atomic E-state index is 10.9. The lowest BCUT2D eigenvalue weighted by molar-refractivity contribution is -0.140. The lowest BCUT2D eigenvalue weighted by atomic mass is 10.2. The smallest absolute Gasteiger partial charge is 0.308 e. The molecule has 1 aromatic rings. The molecule has 7 nitrogen and oxygen atoms in total. The predicted octanol–water partition coefficient (Wildman–Crippen LogP) is 1.04. The van der Waals surface area contributed by atoms with Gasteiger partial charge in [-0.2, -0.15) is 9.97 Å². The van der Waals surface area contributed by atoms with Gasteiger partial charge in [0, 0.05) is 13.1 Å². The van der Waals surface area contributed by atoms with Crippen molar-refractivity contribution in [1.29, 1.82) is 0 Å². The highest BCUT2D eigenvalue weighted by Crippen LogP contribution is 2.20. The number of hydrogen-bond donors (Lipinski definition) is 1. The highest BCUT2D eigenvalue weighted by molar-refractivity contribution is 5.70. The number of anilines is 1. The van der Waals surface area contributed by atoms with Crippen LogP contribution in [0.1, 0.15) is 13.8 Å². The Morgan fingerprint density at radius 1 is 1.37 bits per heavy atom. The fourth-order valence-electron chi connectivity index (χ4n) is 1.50. The van der Waals surface area contributed by atoms with Gasteiger partial charge in [-0.05, 0) is 6.92 Å². The largest absolute Gasteiger partial charge is 0.481 e. The molecule has 0 bridgehead atoms. The van der Waals surface area contributed by atoms with Gasteiger partial charge in [-0.25, -0.2) is 0 Å². The number of nitrogens with zero attached hydrogens (tertiary/aromatic N) is 3. The summed E-state index contributed by atoms with van der Waals surface area (Å²) in [7, 11) is 3.00. The van der Waals surface area contributed by atoms with Crippen molar-refractivity contribution in [2.45, 2.75) is 13.8 Å². The molecule has 0 saturated heterocycles. The van der Waals surface area contributed by atoms with Crippen LogP contribution in [0.5, 0.6) is 11.8 Å². The zero-order valence-electron chi connectivity index (χ0n) is 11.6. The van der Waals surface area contributed by atoms with E-state index in [1.54, 1.807) is 17.9 Å². The zero-order valence-corrected chi connectivity index (χ0v) is 11.6. The van der Waals surface area contributed by atoms with Crippen LogP contribution in [0.4, 0.5) is 5.95 Å². The van der Waals surface area contributed by atoms with Crippen LogP contribution in [-0.4, -0.2) is 48.4 Å². The molecule has 0 radical (unpaired) electrons. The van der Waals surface area contributed by atoms with E-state index in [1.165, 1.54) is 14.2 Å². The van der Waals surface area contributed by atoms with E-state index in [-0.39, 0.29) is 0 Å². The van der Waals surface area contributed by atoms with E-state index in [4.69, 9.17) is 14.6 Å². The summed E-state index contributed by atoms with van der Waals surface area (Å²) in [5.41, 5.74) is 0. The second-order valence-corrected chi connectivity index (χ2v) is 4.03. The first-order chi connectivity index (χ1) is 9.01. The average Bonchev–Trinajstić information content (AvgIpc) is 2.43. The van der Waals surface area contributed by atoms with Crippen molar-refractivity contribution in [3.63, 3.8) is 0 Å². The SMILES string of the molecule is CCN(CC(C)C(=O)O)c1nc(OC)cc(OC)n1. The molecule has 1 unspecified atom stereocenters. The maximum atomic E-state index is 10.9. The van der Waals surface area contributed by atoms with Gasteiger partial charge in [0.1, 0.15) is 0 Å². The Kier molecular flexibility index (Phi) is 5.35. The molecule has 0 saturated carbocycles. The van der Waals surface area contributed by atoms with E-state index in [1.807, 2.05) is 6.92 Å². The fourth-order valence-corrected chi connectivity index (χ4v) is 1.50. The first-order valence-electron chi connectivity index (χ1n) is 5.96. The van der Waals surface area contributed by atoms with Gasteiger partial charge in [-0.15, -0.1) is 0 Å². The molecule has 1 heterocycles. The summed E-state index contributed by atoms with van der Waals surface area (Å²) in [5.74, 6) is -0.215. The summed E-state index contributed by atoms with van der Waals surface area (Å²) in [6.07, 6.45) is 0. The molecule has 106 valence electrons. The molecule has 1 atom stereocenters. The first-order valence-corrected chi connectivity index (χ1v) is 5.96. The second kappa shape index (κ2) is 6.77. The molecule has 19 heavy (non-hydrogen) atoms. The van der Waals surface area contributed by atoms with Gasteiger partial charge in [0.2, 0.25) is 17.7 Å². The topological polar surface area (TPSA) is 84.8 Å². The van der Waals surface area contributed by atoms with Crippen LogP contribution in [0.3, 0.4) is 0 Å². The number of carbonyl (C=O) groups is 1. The Hall–Kier alpha value is -2.05. The molecule has 0 aliphatic rings. The lowest BCUT2D eigenvalue weighted by Crippen LogP contribution is -2.33. The Labute approximate surface area is 112 Å². The van der Waals surface area contributed by atoms with Gasteiger partial charge in [0.25, 0.3) is 0 Å². The molecule has 1 N–H and O–H groups in total. The van der Waals surface area contributed by atoms with Gasteiger partial charge in [-0.1, -0.05) is 6.92 Å². The molecule has 0 aliphatic heterocycles. The van der Waals surface area contributed by atoms with Crippen molar-refractivity contribution >= 4 is 11.9 Å². The van der Waals surface area contributed by atoms with Gasteiger partial charge < -0.3 is 19.5 Å². The standard InChI is InChI=1S/C12H19N3O4/c1-5-15(7-8(2)11(16)17)12-13-9(18-3)6-10(14-12)19-4/h6,8H,5,7H2,1-4H3,(H,16,17). The van der Waals surface area contributed by atoms with Crippen LogP contribution in [0, 0.1) is 5.92 Å². The van der Waals surface area contributed by atoms with Gasteiger partial charge >= 0.3 is 5.97 Å². The molecule has 1 aromatic heterocycles. The van der Waals surface area contributed by atoms with Gasteiger partial charge in [0.15, 0.2) is 0 Å². The van der Waals surface area contributed by atoms with E-state index in [0.29, 0.717) is 30.8 Å². The third-order valence-corrected chi connectivity index (χ3v) is 2.67. The number of carboxylic acid groups (broad SMARTS) is 1. The van der Waals surface area contributed by atoms with Gasteiger partial charge in [0.05, 0.1) is 26.2 Å². The highest BCUT2D eigenvalue weighted by atomic mass is 16.5. The molecule has 0 aromatic carbocycles. The van der Waals surface area contributed by atoms with E-state index in [0.717, 1.165) is 0 Å². The number of methoxy groups -OCH3 is 2. The Bertz CT molecular complexity index is 417. The van der Waals surface area contributed by atoms with Gasteiger partial charge in [-0.3, -0.25) is 4.79 Å². The Morgan fingerprint density at radius 2 is 1.89 bits per heavy atom. The summed E-state index contributed by atoms with van der Waals surface area (Å²) in [6.45, 7) is 4.46. The highest BCUT2D eigenvalue weighted by Gasteiger charge is 2.18. The third-order valence-electron chi connectivity index (χ3n) is 2.67. The van der Waals surface area contributed by atoms with Crippen LogP contribution < -0.4 is 14.4 Å². The van der Waals surface area contributed by atoms with Crippen LogP contribution >= 0.6 is 0 Å². The van der Waals surface area contributed by atoms with E-state index >= 15 is 0 Å². The normalized spacial score (nSPS) is 11.8. The molecular formula is C12H19N3O4. The molecule has 0 aliphatic carbocycles. The van der Waals surface area contributed by atoms with Crippen LogP contribution in [0.2, 0.25) is 0 Å². The second-order valence-electron chi connectivity index (χ2n) is 4.03. The van der Waals surface area contributed by atoms with Crippen molar-refractivity contribution in [1.82, 2.24) is 9.97 Å². The summed E-state index contributed by atoms with van der Waals surface area (Å²) in [6, 6.07) is 1.57. The van der Waals surface area contributed by atoms with Crippen molar-refractivity contribution in [3.05, 3.63) is 6.07 Å². The van der Waals surface area contributed by atoms with E-state index in [9.17, 15) is 4.79 Å². The number of rotatable bonds is 7. The van der Waals surface area contributed by atoms with Crippen molar-refractivity contribution in [2.75, 3.05) is 32.2 Å². The zero-order chi connectivity index (χ0) is 14.4. The predicted molar refractivity (Wildman–Crippen MR) is 69.8 cm³/mol. The Balaban J connectivity index is 2.99. The number of carboxylic acids is 1. The lowest BCUT2D eigenvalue weighted by Gasteiger charge is -2.23. The first kappa shape index (κ1) is 15.0. The molecular weight excluding hydrogens is 250 g/mol. The number of aromatic nitrogens is 2. The van der Waals surface area contributed by atoms with Crippen LogP contribution in [0.25, 0.3) is 0 Å². The minimum absolute atomic E-state index is 0.322. The summed E-state index contributed by atoms with van der Waals surface area (Å²) >= 11 is 0. The molecule has 0 amide bonds. The number of hydrogen-bond acceptors (Lipinski definition) is 6. The van der Waals surface area contributed by atoms with Crippen molar-refractivity contribution in [2.24, 2.45) is 5.92 Å². The summed E-state index contributed by atoms with van der Waals surface area (Å²) in [5, 5.41) is 8.96. The minimum Gasteiger partial charge on any atom is -0.481 e. The van der Waals surface area contributed by atoms with Crippen LogP contribution in [0.15, 0.2) is 6.07 Å². The molecule has 0 spiro atoms. The molecule has 0 fully saturated rings. The number of aliphatic carboxylic acids is 1. The molecule has 1 rings (SSSR count). The quantitative estimate of drug-likeness (QED) is 0.791. The van der Waals surface area contributed by atoms with Crippen molar-refractivity contribution in [3.8, 4) is 11.8 Å². The van der Waals surface area contributed by atoms with Crippen molar-refractivity contribution < 1.29 is 19.4 Å². The number of ether oxygens (including phenoxy) is 2. The fraction of sp³-hybridized carbons (Fsp3) is 0.583. The Morgan fingerprint density at radius 3 is 2.26 bits per heavy atom. The monoisotopic (exact) mass is 269 g/mol. The maximum Gasteiger partial charge on any atom is 0.308 e.